The Balaban J connectivity index is 2.01. The van der Waals surface area contributed by atoms with Crippen LogP contribution >= 0.6 is 0 Å². The number of carbonyl (C=O) groups is 13. The van der Waals surface area contributed by atoms with Crippen LogP contribution < -0.4 is 36.6 Å². The van der Waals surface area contributed by atoms with Gasteiger partial charge in [0.2, 0.25) is 70.9 Å². The largest absolute Gasteiger partial charge is 0.496 e. The van der Waals surface area contributed by atoms with Gasteiger partial charge in [0, 0.05) is 68.3 Å². The van der Waals surface area contributed by atoms with E-state index in [-0.39, 0.29) is 86.5 Å². The van der Waals surface area contributed by atoms with Crippen LogP contribution in [-0.4, -0.2) is 271 Å². The molecule has 0 spiro atoms. The van der Waals surface area contributed by atoms with E-state index in [4.69, 9.17) is 9.47 Å². The van der Waals surface area contributed by atoms with Gasteiger partial charge in [-0.3, -0.25) is 62.3 Å². The number of ether oxygens (including phenoxy) is 2. The molecule has 2 aliphatic rings. The first kappa shape index (κ1) is 90.7. The average Bonchev–Trinajstić information content (AvgIpc) is 0.819. The number of likely N-dealkylation sites (N-methyl/N-ethyl adjacent to an activating group) is 5. The zero-order valence-electron chi connectivity index (χ0n) is 67.3. The van der Waals surface area contributed by atoms with Crippen molar-refractivity contribution >= 4 is 76.8 Å². The lowest BCUT2D eigenvalue weighted by molar-refractivity contribution is -0.152. The molecular weight excluding hydrogens is 1370 g/mol. The third kappa shape index (κ3) is 26.9. The zero-order valence-corrected chi connectivity index (χ0v) is 67.3. The van der Waals surface area contributed by atoms with Crippen LogP contribution in [0, 0.1) is 23.7 Å². The van der Waals surface area contributed by atoms with E-state index in [2.05, 4.69) is 31.9 Å². The van der Waals surface area contributed by atoms with Crippen LogP contribution in [0.5, 0.6) is 5.75 Å². The van der Waals surface area contributed by atoms with Crippen LogP contribution in [0.1, 0.15) is 176 Å². The zero-order chi connectivity index (χ0) is 80.6. The van der Waals surface area contributed by atoms with E-state index >= 15 is 38.4 Å². The number of amides is 13. The summed E-state index contributed by atoms with van der Waals surface area (Å²) in [5.41, 5.74) is 0.507. The van der Waals surface area contributed by atoms with Crippen molar-refractivity contribution in [3.8, 4) is 5.75 Å². The lowest BCUT2D eigenvalue weighted by atomic mass is 9.97. The third-order valence-corrected chi connectivity index (χ3v) is 19.5. The molecular formula is C78H125N13O16. The standard InChI is InChI=1S/C78H125N13O16/c1-22-58-68(96)84-66(51(11)92)77(105)91(36-33-53-31-32-54(67(95)79-15)63(42-53)106-21)44-65(94)85(16)59(38-47(4)5)69(97)83-57(45-107-78(12,13)14)74(102)89(20)62(40-49(8)9)76(104)88(19)60(39-48(6)7)70(98)82-56(75(103)90-34-27-24-28-35-90)43-64(93)80-50(10)72(100)87(18)61(41-52-29-25-23-26-30-52)71(99)81-55(37-46(2)3)73(101)86(58)17/h23,25-26,29-32,42,46-51,55-62,66,92H,22,24,27-28,33-41,43-45H2,1-21H3,(H,79,95)(H,80,93)(H,81,99)(H,82,98)(H,83,97)(H,84,96)/t50-,51-,55+,56+,57+,58+,59+,60+,61+,62+,66+/m1/s1. The first-order chi connectivity index (χ1) is 50.1. The number of methoxy groups -OCH3 is 1. The number of nitrogens with one attached hydrogen (secondary N) is 6. The van der Waals surface area contributed by atoms with Gasteiger partial charge in [-0.2, -0.15) is 0 Å². The predicted octanol–water partition coefficient (Wildman–Crippen LogP) is 3.45. The van der Waals surface area contributed by atoms with Crippen molar-refractivity contribution in [1.29, 1.82) is 0 Å². The Kier molecular flexibility index (Phi) is 35.7. The summed E-state index contributed by atoms with van der Waals surface area (Å²) in [6, 6.07) is -0.464. The average molecular weight is 1500 g/mol. The van der Waals surface area contributed by atoms with Gasteiger partial charge in [-0.1, -0.05) is 98.7 Å². The van der Waals surface area contributed by atoms with Crippen LogP contribution in [0.2, 0.25) is 0 Å². The van der Waals surface area contributed by atoms with Gasteiger partial charge < -0.3 is 80.8 Å². The number of piperidine rings is 1. The monoisotopic (exact) mass is 1500 g/mol. The van der Waals surface area contributed by atoms with Crippen LogP contribution in [-0.2, 0) is 75.1 Å². The van der Waals surface area contributed by atoms with E-state index in [0.717, 1.165) is 26.0 Å². The summed E-state index contributed by atoms with van der Waals surface area (Å²) in [5, 5.41) is 28.1. The molecule has 29 heteroatoms. The Hall–Kier alpha value is -8.73. The summed E-state index contributed by atoms with van der Waals surface area (Å²) in [4.78, 5) is 202. The number of carbonyl (C=O) groups excluding carboxylic acids is 13. The Bertz CT molecular complexity index is 3370. The maximum Gasteiger partial charge on any atom is 0.254 e. The van der Waals surface area contributed by atoms with Gasteiger partial charge in [0.1, 0.15) is 66.2 Å². The number of benzene rings is 2. The second-order valence-electron chi connectivity index (χ2n) is 31.3. The molecule has 2 saturated heterocycles. The van der Waals surface area contributed by atoms with Gasteiger partial charge in [0.05, 0.1) is 44.0 Å². The molecule has 0 saturated carbocycles. The molecule has 7 N–H and O–H groups in total. The third-order valence-electron chi connectivity index (χ3n) is 19.5. The summed E-state index contributed by atoms with van der Waals surface area (Å²) in [6.45, 7) is 23.5. The number of hydrogen-bond acceptors (Lipinski definition) is 16. The van der Waals surface area contributed by atoms with Crippen molar-refractivity contribution in [2.75, 3.05) is 82.2 Å². The molecule has 2 heterocycles. The Morgan fingerprint density at radius 3 is 1.63 bits per heavy atom. The fraction of sp³-hybridized carbons (Fsp3) is 0.679. The molecule has 2 aromatic rings. The van der Waals surface area contributed by atoms with Crippen molar-refractivity contribution in [3.63, 3.8) is 0 Å². The van der Waals surface area contributed by atoms with Crippen molar-refractivity contribution in [3.05, 3.63) is 65.2 Å². The first-order valence-electron chi connectivity index (χ1n) is 37.7. The molecule has 598 valence electrons. The number of aliphatic hydroxyl groups is 1. The van der Waals surface area contributed by atoms with E-state index in [1.807, 2.05) is 55.4 Å². The van der Waals surface area contributed by atoms with E-state index in [1.165, 1.54) is 79.1 Å². The number of rotatable bonds is 20. The summed E-state index contributed by atoms with van der Waals surface area (Å²) in [7, 11) is 9.77. The van der Waals surface area contributed by atoms with Crippen LogP contribution in [0.4, 0.5) is 0 Å². The van der Waals surface area contributed by atoms with E-state index in [9.17, 15) is 29.1 Å². The summed E-state index contributed by atoms with van der Waals surface area (Å²) < 4.78 is 11.8. The van der Waals surface area contributed by atoms with Gasteiger partial charge in [-0.25, -0.2) is 0 Å². The molecule has 0 unspecified atom stereocenters. The minimum Gasteiger partial charge on any atom is -0.496 e. The fourth-order valence-corrected chi connectivity index (χ4v) is 13.3. The topological polar surface area (TPSA) is 355 Å². The Morgan fingerprint density at radius 2 is 1.08 bits per heavy atom. The highest BCUT2D eigenvalue weighted by atomic mass is 16.5. The normalized spacial score (nSPS) is 24.2. The van der Waals surface area contributed by atoms with Gasteiger partial charge in [0.15, 0.2) is 0 Å². The van der Waals surface area contributed by atoms with Crippen molar-refractivity contribution in [2.45, 2.75) is 240 Å². The molecule has 2 aliphatic heterocycles. The van der Waals surface area contributed by atoms with Crippen molar-refractivity contribution in [1.82, 2.24) is 66.2 Å². The smallest absolute Gasteiger partial charge is 0.254 e. The molecule has 0 aliphatic carbocycles. The van der Waals surface area contributed by atoms with E-state index in [1.54, 1.807) is 75.1 Å². The van der Waals surface area contributed by atoms with Crippen molar-refractivity contribution in [2.24, 2.45) is 23.7 Å². The maximum atomic E-state index is 15.4. The molecule has 2 fully saturated rings. The minimum atomic E-state index is -1.77. The minimum absolute atomic E-state index is 0.0140. The second-order valence-corrected chi connectivity index (χ2v) is 31.3. The Morgan fingerprint density at radius 1 is 0.579 bits per heavy atom. The molecule has 107 heavy (non-hydrogen) atoms. The molecule has 2 aromatic carbocycles. The second kappa shape index (κ2) is 42.1. The molecule has 29 nitrogen and oxygen atoms in total. The summed E-state index contributed by atoms with van der Waals surface area (Å²) in [6.07, 6.45) is -0.0263. The van der Waals surface area contributed by atoms with Gasteiger partial charge in [-0.05, 0) is 139 Å². The quantitative estimate of drug-likeness (QED) is 0.0998. The van der Waals surface area contributed by atoms with Crippen LogP contribution in [0.15, 0.2) is 48.5 Å². The molecule has 0 radical (unpaired) electrons. The predicted molar refractivity (Wildman–Crippen MR) is 405 cm³/mol. The van der Waals surface area contributed by atoms with Gasteiger partial charge in [0.25, 0.3) is 5.91 Å². The number of likely N-dealkylation sites (tertiary alicyclic amines) is 1. The highest BCUT2D eigenvalue weighted by molar-refractivity contribution is 6.01. The highest BCUT2D eigenvalue weighted by Gasteiger charge is 2.44. The van der Waals surface area contributed by atoms with Gasteiger partial charge >= 0.3 is 0 Å². The summed E-state index contributed by atoms with van der Waals surface area (Å²) >= 11 is 0. The van der Waals surface area contributed by atoms with Crippen molar-refractivity contribution < 1.29 is 76.9 Å². The molecule has 0 bridgehead atoms. The molecule has 13 amide bonds. The highest BCUT2D eigenvalue weighted by Crippen LogP contribution is 2.25. The lowest BCUT2D eigenvalue weighted by Gasteiger charge is -2.38. The SMILES string of the molecule is CC[C@H]1C(=O)N[C@@H]([C@@H](C)O)C(=O)N(CCc2ccc(C(=O)NC)c(OC)c2)CC(=O)N(C)[C@@H](CC(C)C)C(=O)N[C@@H](COC(C)(C)C)C(=O)N(C)[C@@H](CC(C)C)C(=O)N(C)[C@@H](CC(C)C)C(=O)N[C@H](C(=O)N2CCCCC2)CC(=O)N[C@H](C)C(=O)N(C)[C@@H](Cc2ccccc2)C(=O)N[C@@H](CC(C)C)C(=O)N1C. The van der Waals surface area contributed by atoms with Gasteiger partial charge in [-0.15, -0.1) is 0 Å². The first-order valence-corrected chi connectivity index (χ1v) is 37.7. The fourth-order valence-electron chi connectivity index (χ4n) is 13.3. The van der Waals surface area contributed by atoms with Crippen LogP contribution in [0.25, 0.3) is 0 Å². The molecule has 4 rings (SSSR count). The molecule has 11 atom stereocenters. The van der Waals surface area contributed by atoms with E-state index < -0.39 is 168 Å². The summed E-state index contributed by atoms with van der Waals surface area (Å²) in [5.74, 6) is -10.4. The number of nitrogens with zero attached hydrogens (tertiary/aromatic N) is 7. The maximum absolute atomic E-state index is 15.4. The number of aliphatic hydroxyl groups excluding tert-OH is 1. The van der Waals surface area contributed by atoms with E-state index in [0.29, 0.717) is 37.1 Å². The number of hydrogen-bond donors (Lipinski definition) is 7. The molecule has 0 aromatic heterocycles. The lowest BCUT2D eigenvalue weighted by Crippen LogP contribution is -2.62. The Labute approximate surface area is 633 Å². The van der Waals surface area contributed by atoms with Crippen LogP contribution in [0.3, 0.4) is 0 Å².